The maximum atomic E-state index is 11.1. The minimum atomic E-state index is -3.35. The van der Waals surface area contributed by atoms with Gasteiger partial charge in [-0.1, -0.05) is 20.8 Å². The molecule has 1 rings (SSSR count). The second-order valence-electron chi connectivity index (χ2n) is 6.74. The monoisotopic (exact) mass is 294 g/mol. The first kappa shape index (κ1) is 16.1. The zero-order chi connectivity index (χ0) is 14.2. The average Bonchev–Trinajstić information content (AvgIpc) is 2.45. The summed E-state index contributed by atoms with van der Waals surface area (Å²) >= 11 is 0. The van der Waals surface area contributed by atoms with Gasteiger partial charge in [0.15, 0.2) is 8.32 Å². The van der Waals surface area contributed by atoms with Gasteiger partial charge in [-0.05, 0) is 37.4 Å². The van der Waals surface area contributed by atoms with E-state index in [1.165, 1.54) is 0 Å². The Morgan fingerprint density at radius 2 is 1.61 bits per heavy atom. The molecule has 1 aliphatic rings. The highest BCUT2D eigenvalue weighted by Gasteiger charge is 2.41. The van der Waals surface area contributed by atoms with Gasteiger partial charge < -0.3 is 4.43 Å². The molecule has 0 spiro atoms. The molecule has 0 unspecified atom stereocenters. The Kier molecular flexibility index (Phi) is 4.69. The van der Waals surface area contributed by atoms with E-state index in [1.54, 1.807) is 0 Å². The van der Waals surface area contributed by atoms with Gasteiger partial charge in [-0.15, -0.1) is 0 Å². The maximum Gasteiger partial charge on any atom is 0.264 e. The van der Waals surface area contributed by atoms with Crippen LogP contribution < -0.4 is 0 Å². The van der Waals surface area contributed by atoms with Gasteiger partial charge in [-0.25, -0.2) is 0 Å². The van der Waals surface area contributed by atoms with Gasteiger partial charge in [-0.3, -0.25) is 4.18 Å². The van der Waals surface area contributed by atoms with Crippen LogP contribution in [-0.2, 0) is 18.7 Å². The first-order valence-corrected chi connectivity index (χ1v) is 11.2. The van der Waals surface area contributed by atoms with E-state index >= 15 is 0 Å². The molecule has 0 radical (unpaired) electrons. The molecule has 0 amide bonds. The molecule has 0 bridgehead atoms. The van der Waals surface area contributed by atoms with Gasteiger partial charge in [0, 0.05) is 6.10 Å². The van der Waals surface area contributed by atoms with Gasteiger partial charge in [0.25, 0.3) is 10.1 Å². The highest BCUT2D eigenvalue weighted by Crippen LogP contribution is 2.39. The van der Waals surface area contributed by atoms with Crippen LogP contribution in [0.1, 0.15) is 40.0 Å². The first-order valence-electron chi connectivity index (χ1n) is 6.47. The summed E-state index contributed by atoms with van der Waals surface area (Å²) in [5.74, 6) is 0. The van der Waals surface area contributed by atoms with Crippen LogP contribution in [0.2, 0.25) is 18.1 Å². The lowest BCUT2D eigenvalue weighted by Crippen LogP contribution is -2.43. The minimum Gasteiger partial charge on any atom is -0.414 e. The third-order valence-electron chi connectivity index (χ3n) is 3.91. The molecule has 1 fully saturated rings. The molecule has 1 saturated carbocycles. The molecular weight excluding hydrogens is 268 g/mol. The van der Waals surface area contributed by atoms with Crippen molar-refractivity contribution < 1.29 is 17.0 Å². The van der Waals surface area contributed by atoms with Crippen molar-refractivity contribution in [2.45, 2.75) is 70.4 Å². The molecule has 18 heavy (non-hydrogen) atoms. The molecule has 0 aliphatic heterocycles. The third kappa shape index (κ3) is 4.64. The van der Waals surface area contributed by atoms with Gasteiger partial charge in [0.05, 0.1) is 12.4 Å². The minimum absolute atomic E-state index is 0.151. The summed E-state index contributed by atoms with van der Waals surface area (Å²) in [4.78, 5) is 0. The van der Waals surface area contributed by atoms with Crippen LogP contribution in [0.4, 0.5) is 0 Å². The highest BCUT2D eigenvalue weighted by molar-refractivity contribution is 7.86. The second kappa shape index (κ2) is 5.23. The molecule has 4 nitrogen and oxygen atoms in total. The molecule has 108 valence electrons. The van der Waals surface area contributed by atoms with Crippen LogP contribution in [0.5, 0.6) is 0 Å². The molecule has 0 heterocycles. The van der Waals surface area contributed by atoms with Crippen LogP contribution in [0.25, 0.3) is 0 Å². The quantitative estimate of drug-likeness (QED) is 0.591. The Hall–Kier alpha value is 0.0869. The van der Waals surface area contributed by atoms with Crippen molar-refractivity contribution in [2.75, 3.05) is 6.26 Å². The normalized spacial score (nSPS) is 26.6. The van der Waals surface area contributed by atoms with E-state index < -0.39 is 18.4 Å². The third-order valence-corrected chi connectivity index (χ3v) is 9.07. The molecule has 0 N–H and O–H groups in total. The van der Waals surface area contributed by atoms with E-state index in [4.69, 9.17) is 8.61 Å². The lowest BCUT2D eigenvalue weighted by atomic mass is 10.2. The zero-order valence-corrected chi connectivity index (χ0v) is 14.1. The smallest absolute Gasteiger partial charge is 0.264 e. The molecule has 2 atom stereocenters. The lowest BCUT2D eigenvalue weighted by Gasteiger charge is -2.38. The largest absolute Gasteiger partial charge is 0.414 e. The Balaban J connectivity index is 2.54. The summed E-state index contributed by atoms with van der Waals surface area (Å²) < 4.78 is 33.5. The van der Waals surface area contributed by atoms with Crippen LogP contribution in [0.15, 0.2) is 0 Å². The fourth-order valence-corrected chi connectivity index (χ4v) is 4.01. The zero-order valence-electron chi connectivity index (χ0n) is 12.3. The molecule has 0 saturated heterocycles. The van der Waals surface area contributed by atoms with E-state index in [0.717, 1.165) is 19.1 Å². The highest BCUT2D eigenvalue weighted by atomic mass is 32.2. The van der Waals surface area contributed by atoms with Crippen molar-refractivity contribution >= 4 is 18.4 Å². The standard InChI is InChI=1S/C12H26O4SSi/c1-12(2,3)18(5,6)16-11-8-7-10(9-11)15-17(4,13)14/h10-11H,7-9H2,1-6H3/t10-,11-/m0/s1. The molecule has 0 aromatic carbocycles. The molecule has 1 aliphatic carbocycles. The van der Waals surface area contributed by atoms with Crippen LogP contribution in [-0.4, -0.2) is 35.2 Å². The van der Waals surface area contributed by atoms with Crippen LogP contribution in [0.3, 0.4) is 0 Å². The van der Waals surface area contributed by atoms with E-state index in [-0.39, 0.29) is 17.2 Å². The van der Waals surface area contributed by atoms with Crippen LogP contribution in [0, 0.1) is 0 Å². The van der Waals surface area contributed by atoms with Crippen molar-refractivity contribution in [3.63, 3.8) is 0 Å². The Labute approximate surface area is 112 Å². The van der Waals surface area contributed by atoms with E-state index in [2.05, 4.69) is 33.9 Å². The van der Waals surface area contributed by atoms with E-state index in [0.29, 0.717) is 6.42 Å². The summed E-state index contributed by atoms with van der Waals surface area (Å²) in [5.41, 5.74) is 0. The predicted octanol–water partition coefficient (Wildman–Crippen LogP) is 2.91. The summed E-state index contributed by atoms with van der Waals surface area (Å²) in [7, 11) is -5.11. The number of hydrogen-bond acceptors (Lipinski definition) is 4. The second-order valence-corrected chi connectivity index (χ2v) is 13.1. The summed E-state index contributed by atoms with van der Waals surface area (Å²) in [5, 5.41) is 0.183. The summed E-state index contributed by atoms with van der Waals surface area (Å²) in [6.07, 6.45) is 3.42. The van der Waals surface area contributed by atoms with Crippen molar-refractivity contribution in [1.82, 2.24) is 0 Å². The van der Waals surface area contributed by atoms with Crippen LogP contribution >= 0.6 is 0 Å². The predicted molar refractivity (Wildman–Crippen MR) is 75.6 cm³/mol. The van der Waals surface area contributed by atoms with Crippen molar-refractivity contribution in [1.29, 1.82) is 0 Å². The SMILES string of the molecule is CC(C)(C)[Si](C)(C)O[C@H]1CC[C@H](OS(C)(=O)=O)C1. The fourth-order valence-electron chi connectivity index (χ4n) is 1.94. The van der Waals surface area contributed by atoms with Gasteiger partial charge in [0.1, 0.15) is 0 Å². The summed E-state index contributed by atoms with van der Waals surface area (Å²) in [6.45, 7) is 11.1. The van der Waals surface area contributed by atoms with Gasteiger partial charge in [-0.2, -0.15) is 8.42 Å². The Morgan fingerprint density at radius 3 is 2.06 bits per heavy atom. The van der Waals surface area contributed by atoms with Crippen molar-refractivity contribution in [3.05, 3.63) is 0 Å². The van der Waals surface area contributed by atoms with E-state index in [9.17, 15) is 8.42 Å². The average molecular weight is 294 g/mol. The van der Waals surface area contributed by atoms with Crippen molar-refractivity contribution in [2.24, 2.45) is 0 Å². The van der Waals surface area contributed by atoms with Gasteiger partial charge in [0.2, 0.25) is 0 Å². The van der Waals surface area contributed by atoms with Gasteiger partial charge >= 0.3 is 0 Å². The number of hydrogen-bond donors (Lipinski definition) is 0. The topological polar surface area (TPSA) is 52.6 Å². The number of rotatable bonds is 4. The molecular formula is C12H26O4SSi. The Morgan fingerprint density at radius 1 is 1.11 bits per heavy atom. The summed E-state index contributed by atoms with van der Waals surface area (Å²) in [6, 6.07) is 0. The molecule has 0 aromatic heterocycles. The molecule has 0 aromatic rings. The van der Waals surface area contributed by atoms with E-state index in [1.807, 2.05) is 0 Å². The maximum absolute atomic E-state index is 11.1. The fraction of sp³-hybridized carbons (Fsp3) is 1.00. The molecule has 6 heteroatoms. The lowest BCUT2D eigenvalue weighted by molar-refractivity contribution is 0.158. The van der Waals surface area contributed by atoms with Crippen molar-refractivity contribution in [3.8, 4) is 0 Å². The first-order chi connectivity index (χ1) is 7.91. The Bertz CT molecular complexity index is 383.